The van der Waals surface area contributed by atoms with E-state index in [1.165, 1.54) is 0 Å². The van der Waals surface area contributed by atoms with E-state index < -0.39 is 10.0 Å². The van der Waals surface area contributed by atoms with Gasteiger partial charge >= 0.3 is 0 Å². The number of sulfonamides is 1. The Kier molecular flexibility index (Phi) is 3.14. The van der Waals surface area contributed by atoms with Crippen LogP contribution >= 0.6 is 0 Å². The van der Waals surface area contributed by atoms with Crippen molar-refractivity contribution in [2.75, 3.05) is 36.8 Å². The van der Waals surface area contributed by atoms with Crippen molar-refractivity contribution in [3.8, 4) is 0 Å². The second-order valence-electron chi connectivity index (χ2n) is 5.22. The fourth-order valence-corrected chi connectivity index (χ4v) is 4.29. The highest BCUT2D eigenvalue weighted by atomic mass is 32.2. The number of nitrogens with zero attached hydrogens (tertiary/aromatic N) is 2. The first kappa shape index (κ1) is 12.7. The summed E-state index contributed by atoms with van der Waals surface area (Å²) in [6, 6.07) is 7.73. The van der Waals surface area contributed by atoms with Crippen LogP contribution in [0.2, 0.25) is 0 Å². The lowest BCUT2D eigenvalue weighted by atomic mass is 10.2. The van der Waals surface area contributed by atoms with E-state index in [9.17, 15) is 8.42 Å². The summed E-state index contributed by atoms with van der Waals surface area (Å²) < 4.78 is 25.9. The third-order valence-electron chi connectivity index (χ3n) is 3.80. The topological polar surface area (TPSA) is 66.6 Å². The second-order valence-corrected chi connectivity index (χ2v) is 7.43. The van der Waals surface area contributed by atoms with Crippen LogP contribution in [0.15, 0.2) is 24.3 Å². The molecule has 0 spiro atoms. The van der Waals surface area contributed by atoms with Crippen molar-refractivity contribution in [2.45, 2.75) is 18.1 Å². The normalized spacial score (nSPS) is 21.6. The van der Waals surface area contributed by atoms with E-state index in [0.29, 0.717) is 13.1 Å². The lowest BCUT2D eigenvalue weighted by Gasteiger charge is -2.35. The van der Waals surface area contributed by atoms with Gasteiger partial charge in [-0.1, -0.05) is 0 Å². The van der Waals surface area contributed by atoms with E-state index in [-0.39, 0.29) is 5.25 Å². The Balaban J connectivity index is 1.64. The van der Waals surface area contributed by atoms with Gasteiger partial charge in [-0.3, -0.25) is 0 Å². The van der Waals surface area contributed by atoms with Gasteiger partial charge in [-0.15, -0.1) is 0 Å². The van der Waals surface area contributed by atoms with Gasteiger partial charge in [0.25, 0.3) is 0 Å². The zero-order valence-corrected chi connectivity index (χ0v) is 11.6. The molecule has 2 N–H and O–H groups in total. The first-order valence-electron chi connectivity index (χ1n) is 6.67. The highest BCUT2D eigenvalue weighted by molar-refractivity contribution is 7.90. The van der Waals surface area contributed by atoms with Crippen molar-refractivity contribution in [2.24, 2.45) is 0 Å². The van der Waals surface area contributed by atoms with Gasteiger partial charge < -0.3 is 10.6 Å². The minimum Gasteiger partial charge on any atom is -0.399 e. The number of anilines is 2. The molecule has 1 aliphatic carbocycles. The monoisotopic (exact) mass is 281 g/mol. The van der Waals surface area contributed by atoms with Crippen LogP contribution in [0.25, 0.3) is 0 Å². The maximum Gasteiger partial charge on any atom is 0.217 e. The number of piperazine rings is 1. The van der Waals surface area contributed by atoms with Crippen LogP contribution in [0.4, 0.5) is 11.4 Å². The molecule has 2 fully saturated rings. The molecule has 0 radical (unpaired) electrons. The molecule has 104 valence electrons. The van der Waals surface area contributed by atoms with Crippen LogP contribution in [0, 0.1) is 0 Å². The smallest absolute Gasteiger partial charge is 0.217 e. The van der Waals surface area contributed by atoms with E-state index >= 15 is 0 Å². The molecule has 2 aliphatic rings. The Hall–Kier alpha value is -1.27. The van der Waals surface area contributed by atoms with Gasteiger partial charge in [0, 0.05) is 37.6 Å². The first-order valence-corrected chi connectivity index (χ1v) is 8.17. The molecule has 3 rings (SSSR count). The summed E-state index contributed by atoms with van der Waals surface area (Å²) in [5, 5.41) is -0.101. The number of nitrogens with two attached hydrogens (primary N) is 1. The summed E-state index contributed by atoms with van der Waals surface area (Å²) >= 11 is 0. The SMILES string of the molecule is Nc1ccc(N2CCN(S(=O)(=O)C3CC3)CC2)cc1. The number of rotatable bonds is 3. The molecule has 6 heteroatoms. The maximum absolute atomic E-state index is 12.1. The van der Waals surface area contributed by atoms with Gasteiger partial charge in [-0.2, -0.15) is 4.31 Å². The predicted octanol–water partition coefficient (Wildman–Crippen LogP) is 0.883. The highest BCUT2D eigenvalue weighted by Crippen LogP contribution is 2.31. The van der Waals surface area contributed by atoms with Crippen LogP contribution in [0.1, 0.15) is 12.8 Å². The minimum atomic E-state index is -3.01. The first-order chi connectivity index (χ1) is 9.07. The van der Waals surface area contributed by atoms with Crippen molar-refractivity contribution in [1.82, 2.24) is 4.31 Å². The number of hydrogen-bond donors (Lipinski definition) is 1. The van der Waals surface area contributed by atoms with E-state index in [1.807, 2.05) is 24.3 Å². The molecule has 1 aromatic carbocycles. The molecule has 0 aromatic heterocycles. The summed E-state index contributed by atoms with van der Waals surface area (Å²) in [6.07, 6.45) is 1.67. The van der Waals surface area contributed by atoms with Gasteiger partial charge in [0.2, 0.25) is 10.0 Å². The summed E-state index contributed by atoms with van der Waals surface area (Å²) in [4.78, 5) is 2.21. The van der Waals surface area contributed by atoms with E-state index in [4.69, 9.17) is 5.73 Å². The van der Waals surface area contributed by atoms with Gasteiger partial charge in [-0.25, -0.2) is 8.42 Å². The van der Waals surface area contributed by atoms with Gasteiger partial charge in [0.15, 0.2) is 0 Å². The van der Waals surface area contributed by atoms with Crippen molar-refractivity contribution in [3.05, 3.63) is 24.3 Å². The van der Waals surface area contributed by atoms with Crippen LogP contribution in [-0.4, -0.2) is 44.2 Å². The average Bonchev–Trinajstić information content (AvgIpc) is 3.24. The summed E-state index contributed by atoms with van der Waals surface area (Å²) in [5.74, 6) is 0. The van der Waals surface area contributed by atoms with Gasteiger partial charge in [-0.05, 0) is 37.1 Å². The van der Waals surface area contributed by atoms with Crippen molar-refractivity contribution < 1.29 is 8.42 Å². The highest BCUT2D eigenvalue weighted by Gasteiger charge is 2.40. The predicted molar refractivity (Wildman–Crippen MR) is 76.6 cm³/mol. The molecule has 1 aliphatic heterocycles. The molecule has 1 aromatic rings. The number of benzene rings is 1. The lowest BCUT2D eigenvalue weighted by Crippen LogP contribution is -2.49. The molecule has 1 saturated carbocycles. The Morgan fingerprint density at radius 1 is 1.00 bits per heavy atom. The van der Waals surface area contributed by atoms with Gasteiger partial charge in [0.1, 0.15) is 0 Å². The molecule has 1 heterocycles. The fraction of sp³-hybridized carbons (Fsp3) is 0.538. The maximum atomic E-state index is 12.1. The third-order valence-corrected chi connectivity index (χ3v) is 6.20. The largest absolute Gasteiger partial charge is 0.399 e. The van der Waals surface area contributed by atoms with Crippen molar-refractivity contribution in [3.63, 3.8) is 0 Å². The number of nitrogen functional groups attached to an aromatic ring is 1. The lowest BCUT2D eigenvalue weighted by molar-refractivity contribution is 0.384. The molecule has 0 bridgehead atoms. The molecular weight excluding hydrogens is 262 g/mol. The van der Waals surface area contributed by atoms with E-state index in [1.54, 1.807) is 4.31 Å². The molecule has 0 amide bonds. The van der Waals surface area contributed by atoms with Crippen LogP contribution < -0.4 is 10.6 Å². The summed E-state index contributed by atoms with van der Waals surface area (Å²) in [5.41, 5.74) is 7.53. The Morgan fingerprint density at radius 3 is 2.11 bits per heavy atom. The minimum absolute atomic E-state index is 0.101. The number of hydrogen-bond acceptors (Lipinski definition) is 4. The van der Waals surface area contributed by atoms with Crippen molar-refractivity contribution in [1.29, 1.82) is 0 Å². The summed E-state index contributed by atoms with van der Waals surface area (Å²) in [6.45, 7) is 2.66. The zero-order valence-electron chi connectivity index (χ0n) is 10.8. The van der Waals surface area contributed by atoms with Gasteiger partial charge in [0.05, 0.1) is 5.25 Å². The standard InChI is InChI=1S/C13H19N3O2S/c14-11-1-3-12(4-2-11)15-7-9-16(10-8-15)19(17,18)13-5-6-13/h1-4,13H,5-10,14H2. The second kappa shape index (κ2) is 4.68. The quantitative estimate of drug-likeness (QED) is 0.835. The Labute approximate surface area is 114 Å². The molecule has 0 unspecified atom stereocenters. The van der Waals surface area contributed by atoms with E-state index in [2.05, 4.69) is 4.90 Å². The Morgan fingerprint density at radius 2 is 1.58 bits per heavy atom. The molecule has 5 nitrogen and oxygen atoms in total. The fourth-order valence-electron chi connectivity index (χ4n) is 2.46. The molecular formula is C13H19N3O2S. The summed E-state index contributed by atoms with van der Waals surface area (Å²) in [7, 11) is -3.01. The average molecular weight is 281 g/mol. The Bertz CT molecular complexity index is 544. The van der Waals surface area contributed by atoms with Crippen LogP contribution in [-0.2, 0) is 10.0 Å². The molecule has 0 atom stereocenters. The molecule has 1 saturated heterocycles. The third kappa shape index (κ3) is 2.55. The van der Waals surface area contributed by atoms with E-state index in [0.717, 1.165) is 37.3 Å². The molecule has 19 heavy (non-hydrogen) atoms. The van der Waals surface area contributed by atoms with Crippen LogP contribution in [0.5, 0.6) is 0 Å². The zero-order chi connectivity index (χ0) is 13.5. The van der Waals surface area contributed by atoms with Crippen molar-refractivity contribution >= 4 is 21.4 Å². The van der Waals surface area contributed by atoms with Crippen LogP contribution in [0.3, 0.4) is 0 Å².